The van der Waals surface area contributed by atoms with Gasteiger partial charge in [-0.15, -0.1) is 0 Å². The minimum atomic E-state index is -4.48. The molecule has 1 amide bonds. The Bertz CT molecular complexity index is 1230. The lowest BCUT2D eigenvalue weighted by Crippen LogP contribution is -2.59. The molecule has 3 aromatic heterocycles. The van der Waals surface area contributed by atoms with E-state index < -0.39 is 23.7 Å². The quantitative estimate of drug-likeness (QED) is 0.505. The lowest BCUT2D eigenvalue weighted by molar-refractivity contribution is -0.137. The van der Waals surface area contributed by atoms with Gasteiger partial charge in [-0.2, -0.15) is 13.2 Å². The number of piperidine rings is 2. The fourth-order valence-corrected chi connectivity index (χ4v) is 4.76. The molecule has 2 saturated heterocycles. The number of rotatable bonds is 4. The van der Waals surface area contributed by atoms with E-state index in [0.29, 0.717) is 24.9 Å². The van der Waals surface area contributed by atoms with Crippen LogP contribution in [0.1, 0.15) is 40.9 Å². The third-order valence-corrected chi connectivity index (χ3v) is 6.41. The van der Waals surface area contributed by atoms with Crippen LogP contribution in [0.25, 0.3) is 11.4 Å². The highest BCUT2D eigenvalue weighted by Crippen LogP contribution is 2.39. The van der Waals surface area contributed by atoms with Gasteiger partial charge in [0.2, 0.25) is 5.88 Å². The van der Waals surface area contributed by atoms with Crippen LogP contribution in [-0.2, 0) is 6.18 Å². The van der Waals surface area contributed by atoms with Crippen LogP contribution in [0.5, 0.6) is 5.88 Å². The minimum Gasteiger partial charge on any atom is -0.472 e. The molecule has 7 nitrogen and oxygen atoms in total. The maximum atomic E-state index is 13.7. The smallest absolute Gasteiger partial charge is 0.417 e. The highest BCUT2D eigenvalue weighted by atomic mass is 19.4. The number of aromatic nitrogens is 4. The van der Waals surface area contributed by atoms with Crippen LogP contribution >= 0.6 is 0 Å². The number of halogens is 4. The fraction of sp³-hybridized carbons (Fsp3) is 0.375. The molecule has 2 bridgehead atoms. The van der Waals surface area contributed by atoms with Crippen molar-refractivity contribution < 1.29 is 27.1 Å². The molecule has 3 fully saturated rings. The molecule has 0 N–H and O–H groups in total. The first-order valence-electron chi connectivity index (χ1n) is 11.1. The third kappa shape index (κ3) is 4.67. The normalized spacial score (nSPS) is 21.7. The number of carbonyl (C=O) groups excluding carboxylic acids is 1. The summed E-state index contributed by atoms with van der Waals surface area (Å²) in [4.78, 5) is 31.5. The molecule has 3 unspecified atom stereocenters. The van der Waals surface area contributed by atoms with E-state index in [4.69, 9.17) is 4.74 Å². The average molecular weight is 487 g/mol. The molecule has 3 aliphatic rings. The number of ether oxygens (including phenoxy) is 1. The van der Waals surface area contributed by atoms with Gasteiger partial charge in [0.1, 0.15) is 11.8 Å². The van der Waals surface area contributed by atoms with Gasteiger partial charge in [0.15, 0.2) is 11.6 Å². The lowest BCUT2D eigenvalue weighted by atomic mass is 9.77. The van der Waals surface area contributed by atoms with Crippen molar-refractivity contribution in [1.82, 2.24) is 24.8 Å². The van der Waals surface area contributed by atoms with Gasteiger partial charge in [0.25, 0.3) is 5.91 Å². The summed E-state index contributed by atoms with van der Waals surface area (Å²) in [6.07, 6.45) is 1.77. The summed E-state index contributed by atoms with van der Waals surface area (Å²) in [6.45, 7) is 2.33. The number of pyridine rings is 2. The van der Waals surface area contributed by atoms with Crippen LogP contribution in [0.15, 0.2) is 43.0 Å². The first kappa shape index (κ1) is 23.1. The van der Waals surface area contributed by atoms with Crippen LogP contribution < -0.4 is 4.74 Å². The lowest BCUT2D eigenvalue weighted by Gasteiger charge is -2.49. The van der Waals surface area contributed by atoms with Gasteiger partial charge in [-0.3, -0.25) is 9.78 Å². The zero-order valence-electron chi connectivity index (χ0n) is 18.7. The van der Waals surface area contributed by atoms with Crippen LogP contribution in [0.4, 0.5) is 17.6 Å². The first-order chi connectivity index (χ1) is 16.7. The Morgan fingerprint density at radius 1 is 1.06 bits per heavy atom. The minimum absolute atomic E-state index is 0.0804. The number of alkyl halides is 3. The monoisotopic (exact) mass is 487 g/mol. The van der Waals surface area contributed by atoms with Gasteiger partial charge in [-0.1, -0.05) is 0 Å². The van der Waals surface area contributed by atoms with Gasteiger partial charge in [-0.25, -0.2) is 19.3 Å². The number of aryl methyl sites for hydroxylation is 1. The third-order valence-electron chi connectivity index (χ3n) is 6.41. The van der Waals surface area contributed by atoms with Crippen molar-refractivity contribution in [2.75, 3.05) is 6.54 Å². The van der Waals surface area contributed by atoms with E-state index in [1.54, 1.807) is 17.2 Å². The van der Waals surface area contributed by atoms with Crippen molar-refractivity contribution in [3.63, 3.8) is 0 Å². The summed E-state index contributed by atoms with van der Waals surface area (Å²) in [5.41, 5.74) is 0.492. The Morgan fingerprint density at radius 2 is 1.83 bits per heavy atom. The Balaban J connectivity index is 1.40. The predicted molar refractivity (Wildman–Crippen MR) is 116 cm³/mol. The Labute approximate surface area is 198 Å². The predicted octanol–water partition coefficient (Wildman–Crippen LogP) is 4.47. The molecule has 3 aromatic rings. The second-order valence-corrected chi connectivity index (χ2v) is 8.88. The standard InChI is InChI=1S/C24H21F4N5O2/c1-13-6-17(22-31-10-16(25)11-32-22)21(30-8-13)23(34)33-12-14-2-4-18(33)19(7-14)35-20-5-3-15(9-29-20)24(26,27)28/h3,5-6,8-11,14,18-19H,2,4,7,12H2,1H3. The molecule has 3 atom stereocenters. The van der Waals surface area contributed by atoms with E-state index >= 15 is 0 Å². The van der Waals surface area contributed by atoms with Gasteiger partial charge in [0, 0.05) is 25.0 Å². The zero-order chi connectivity index (χ0) is 24.7. The highest BCUT2D eigenvalue weighted by Gasteiger charge is 2.45. The van der Waals surface area contributed by atoms with Crippen molar-refractivity contribution in [1.29, 1.82) is 0 Å². The number of carbonyl (C=O) groups is 1. The van der Waals surface area contributed by atoms with Gasteiger partial charge >= 0.3 is 6.18 Å². The molecule has 5 heterocycles. The van der Waals surface area contributed by atoms with Crippen molar-refractivity contribution in [2.24, 2.45) is 5.92 Å². The summed E-state index contributed by atoms with van der Waals surface area (Å²) in [5.74, 6) is -0.463. The number of hydrogen-bond donors (Lipinski definition) is 0. The molecule has 1 saturated carbocycles. The molecule has 0 aromatic carbocycles. The maximum absolute atomic E-state index is 13.7. The topological polar surface area (TPSA) is 81.1 Å². The molecule has 182 valence electrons. The van der Waals surface area contributed by atoms with E-state index in [0.717, 1.165) is 36.6 Å². The van der Waals surface area contributed by atoms with E-state index in [1.165, 1.54) is 6.07 Å². The van der Waals surface area contributed by atoms with Crippen LogP contribution in [0.3, 0.4) is 0 Å². The van der Waals surface area contributed by atoms with Gasteiger partial charge < -0.3 is 9.64 Å². The van der Waals surface area contributed by atoms with Crippen molar-refractivity contribution in [3.05, 3.63) is 65.6 Å². The Morgan fingerprint density at radius 3 is 2.49 bits per heavy atom. The highest BCUT2D eigenvalue weighted by molar-refractivity contribution is 5.98. The number of nitrogens with zero attached hydrogens (tertiary/aromatic N) is 5. The van der Waals surface area contributed by atoms with Crippen LogP contribution in [-0.4, -0.2) is 49.4 Å². The summed E-state index contributed by atoms with van der Waals surface area (Å²) < 4.78 is 57.8. The number of hydrogen-bond acceptors (Lipinski definition) is 6. The van der Waals surface area contributed by atoms with Crippen molar-refractivity contribution >= 4 is 5.91 Å². The maximum Gasteiger partial charge on any atom is 0.417 e. The van der Waals surface area contributed by atoms with E-state index in [2.05, 4.69) is 19.9 Å². The molecule has 35 heavy (non-hydrogen) atoms. The molecule has 0 radical (unpaired) electrons. The molecule has 1 aliphatic carbocycles. The second-order valence-electron chi connectivity index (χ2n) is 8.88. The molecular formula is C24H21F4N5O2. The summed E-state index contributed by atoms with van der Waals surface area (Å²) in [7, 11) is 0. The van der Waals surface area contributed by atoms with Gasteiger partial charge in [0.05, 0.1) is 29.6 Å². The molecule has 11 heteroatoms. The first-order valence-corrected chi connectivity index (χ1v) is 11.1. The largest absolute Gasteiger partial charge is 0.472 e. The Kier molecular flexibility index (Phi) is 5.86. The molecular weight excluding hydrogens is 466 g/mol. The van der Waals surface area contributed by atoms with Crippen LogP contribution in [0, 0.1) is 18.7 Å². The van der Waals surface area contributed by atoms with Gasteiger partial charge in [-0.05, 0) is 49.8 Å². The van der Waals surface area contributed by atoms with Crippen molar-refractivity contribution in [2.45, 2.75) is 44.5 Å². The fourth-order valence-electron chi connectivity index (χ4n) is 4.76. The summed E-state index contributed by atoms with van der Waals surface area (Å²) >= 11 is 0. The molecule has 0 spiro atoms. The number of amides is 1. The molecule has 6 rings (SSSR count). The van der Waals surface area contributed by atoms with E-state index in [-0.39, 0.29) is 35.3 Å². The average Bonchev–Trinajstić information content (AvgIpc) is 2.84. The van der Waals surface area contributed by atoms with Crippen molar-refractivity contribution in [3.8, 4) is 17.3 Å². The number of fused-ring (bicyclic) bond motifs is 3. The summed E-state index contributed by atoms with van der Waals surface area (Å²) in [5, 5.41) is 0. The Hall–Kier alpha value is -3.63. The van der Waals surface area contributed by atoms with E-state index in [9.17, 15) is 22.4 Å². The second kappa shape index (κ2) is 8.86. The van der Waals surface area contributed by atoms with E-state index in [1.807, 2.05) is 6.92 Å². The SMILES string of the molecule is Cc1cnc(C(=O)N2CC3CCC2C(Oc2ccc(C(F)(F)F)cn2)C3)c(-c2ncc(F)cn2)c1. The van der Waals surface area contributed by atoms with Crippen LogP contribution in [0.2, 0.25) is 0 Å². The zero-order valence-corrected chi connectivity index (χ0v) is 18.7. The summed E-state index contributed by atoms with van der Waals surface area (Å²) in [6, 6.07) is 3.57. The molecule has 2 aliphatic heterocycles.